The molecule has 112 valence electrons. The smallest absolute Gasteiger partial charge is 0.220 e. The summed E-state index contributed by atoms with van der Waals surface area (Å²) < 4.78 is 7.66. The van der Waals surface area contributed by atoms with Crippen molar-refractivity contribution in [1.29, 1.82) is 0 Å². The second-order valence-electron chi connectivity index (χ2n) is 4.59. The fraction of sp³-hybridized carbons (Fsp3) is 0.333. The highest BCUT2D eigenvalue weighted by molar-refractivity contribution is 5.73. The molecular formula is C15H20N4O2. The average molecular weight is 288 g/mol. The molecule has 6 heteroatoms. The summed E-state index contributed by atoms with van der Waals surface area (Å²) in [5, 5.41) is 3.33. The summed E-state index contributed by atoms with van der Waals surface area (Å²) in [5.41, 5.74) is 7.09. The number of rotatable bonds is 8. The highest BCUT2D eigenvalue weighted by Gasteiger charge is 2.05. The minimum absolute atomic E-state index is 0.205. The van der Waals surface area contributed by atoms with E-state index in [1.165, 1.54) is 0 Å². The number of carbonyl (C=O) groups excluding carboxylic acids is 1. The standard InChI is InChI=1S/C15H20N4O2/c1-2-19-11-17-9-12(19)10-18-13-5-3-4-6-14(13)21-8-7-15(16)20/h3-6,9,11,18H,2,7-8,10H2,1H3,(H2,16,20). The first-order valence-corrected chi connectivity index (χ1v) is 6.93. The van der Waals surface area contributed by atoms with E-state index in [2.05, 4.69) is 21.8 Å². The summed E-state index contributed by atoms with van der Waals surface area (Å²) in [4.78, 5) is 14.9. The predicted octanol–water partition coefficient (Wildman–Crippen LogP) is 1.77. The van der Waals surface area contributed by atoms with Crippen LogP contribution in [0.1, 0.15) is 19.0 Å². The van der Waals surface area contributed by atoms with Crippen LogP contribution in [0.3, 0.4) is 0 Å². The third-order valence-electron chi connectivity index (χ3n) is 3.09. The van der Waals surface area contributed by atoms with Crippen LogP contribution in [-0.4, -0.2) is 22.1 Å². The molecule has 21 heavy (non-hydrogen) atoms. The Labute approximate surface area is 123 Å². The number of aryl methyl sites for hydroxylation is 1. The van der Waals surface area contributed by atoms with Crippen molar-refractivity contribution >= 4 is 11.6 Å². The Hall–Kier alpha value is -2.50. The van der Waals surface area contributed by atoms with E-state index in [0.29, 0.717) is 12.3 Å². The summed E-state index contributed by atoms with van der Waals surface area (Å²) in [6.07, 6.45) is 3.86. The number of amides is 1. The summed E-state index contributed by atoms with van der Waals surface area (Å²) in [6.45, 7) is 3.89. The van der Waals surface area contributed by atoms with E-state index in [4.69, 9.17) is 10.5 Å². The fourth-order valence-electron chi connectivity index (χ4n) is 1.97. The van der Waals surface area contributed by atoms with E-state index in [-0.39, 0.29) is 18.9 Å². The van der Waals surface area contributed by atoms with Gasteiger partial charge in [-0.2, -0.15) is 0 Å². The molecular weight excluding hydrogens is 268 g/mol. The maximum absolute atomic E-state index is 10.7. The van der Waals surface area contributed by atoms with E-state index in [1.54, 1.807) is 0 Å². The maximum Gasteiger partial charge on any atom is 0.220 e. The van der Waals surface area contributed by atoms with Gasteiger partial charge in [0.1, 0.15) is 5.75 Å². The van der Waals surface area contributed by atoms with Crippen molar-refractivity contribution in [3.63, 3.8) is 0 Å². The Morgan fingerprint density at radius 2 is 2.24 bits per heavy atom. The molecule has 0 aliphatic carbocycles. The van der Waals surface area contributed by atoms with Gasteiger partial charge in [0, 0.05) is 12.7 Å². The zero-order valence-corrected chi connectivity index (χ0v) is 12.1. The molecule has 0 saturated carbocycles. The average Bonchev–Trinajstić information content (AvgIpc) is 2.93. The van der Waals surface area contributed by atoms with E-state index in [1.807, 2.05) is 36.8 Å². The monoisotopic (exact) mass is 288 g/mol. The Morgan fingerprint density at radius 1 is 1.43 bits per heavy atom. The van der Waals surface area contributed by atoms with Gasteiger partial charge in [-0.1, -0.05) is 12.1 Å². The number of nitrogens with one attached hydrogen (secondary N) is 1. The van der Waals surface area contributed by atoms with Crippen molar-refractivity contribution in [2.24, 2.45) is 5.73 Å². The van der Waals surface area contributed by atoms with Crippen molar-refractivity contribution in [3.8, 4) is 5.75 Å². The van der Waals surface area contributed by atoms with Crippen LogP contribution in [0.4, 0.5) is 5.69 Å². The van der Waals surface area contributed by atoms with E-state index >= 15 is 0 Å². The van der Waals surface area contributed by atoms with Gasteiger partial charge in [-0.15, -0.1) is 0 Å². The zero-order valence-electron chi connectivity index (χ0n) is 12.1. The summed E-state index contributed by atoms with van der Waals surface area (Å²) in [6, 6.07) is 7.62. The van der Waals surface area contributed by atoms with Crippen LogP contribution in [0.2, 0.25) is 0 Å². The number of aromatic nitrogens is 2. The molecule has 0 saturated heterocycles. The summed E-state index contributed by atoms with van der Waals surface area (Å²) in [7, 11) is 0. The number of benzene rings is 1. The second kappa shape index (κ2) is 7.33. The number of carbonyl (C=O) groups is 1. The third kappa shape index (κ3) is 4.24. The largest absolute Gasteiger partial charge is 0.491 e. The van der Waals surface area contributed by atoms with E-state index in [9.17, 15) is 4.79 Å². The molecule has 1 aromatic carbocycles. The molecule has 0 fully saturated rings. The quantitative estimate of drug-likeness (QED) is 0.775. The molecule has 1 amide bonds. The van der Waals surface area contributed by atoms with Crippen LogP contribution < -0.4 is 15.8 Å². The van der Waals surface area contributed by atoms with Crippen molar-refractivity contribution in [2.75, 3.05) is 11.9 Å². The number of para-hydroxylation sites is 2. The molecule has 0 bridgehead atoms. The lowest BCUT2D eigenvalue weighted by Gasteiger charge is -2.13. The highest BCUT2D eigenvalue weighted by atomic mass is 16.5. The molecule has 2 aromatic rings. The van der Waals surface area contributed by atoms with Gasteiger partial charge in [-0.3, -0.25) is 4.79 Å². The van der Waals surface area contributed by atoms with Gasteiger partial charge in [0.15, 0.2) is 0 Å². The first-order chi connectivity index (χ1) is 10.2. The van der Waals surface area contributed by atoms with Crippen LogP contribution in [-0.2, 0) is 17.9 Å². The lowest BCUT2D eigenvalue weighted by Crippen LogP contribution is -2.15. The Balaban J connectivity index is 1.98. The maximum atomic E-state index is 10.7. The van der Waals surface area contributed by atoms with Crippen LogP contribution in [0.25, 0.3) is 0 Å². The molecule has 0 aliphatic heterocycles. The van der Waals surface area contributed by atoms with Crippen LogP contribution in [0.15, 0.2) is 36.8 Å². The molecule has 0 atom stereocenters. The molecule has 1 heterocycles. The van der Waals surface area contributed by atoms with Crippen LogP contribution >= 0.6 is 0 Å². The van der Waals surface area contributed by atoms with E-state index < -0.39 is 0 Å². The van der Waals surface area contributed by atoms with Gasteiger partial charge >= 0.3 is 0 Å². The third-order valence-corrected chi connectivity index (χ3v) is 3.09. The lowest BCUT2D eigenvalue weighted by atomic mass is 10.3. The number of hydrogen-bond donors (Lipinski definition) is 2. The number of nitrogens with zero attached hydrogens (tertiary/aromatic N) is 2. The topological polar surface area (TPSA) is 82.2 Å². The molecule has 6 nitrogen and oxygen atoms in total. The zero-order chi connectivity index (χ0) is 15.1. The summed E-state index contributed by atoms with van der Waals surface area (Å²) >= 11 is 0. The SMILES string of the molecule is CCn1cncc1CNc1ccccc1OCCC(N)=O. The van der Waals surface area contributed by atoms with Crippen molar-refractivity contribution in [2.45, 2.75) is 26.4 Å². The Morgan fingerprint density at radius 3 is 3.00 bits per heavy atom. The van der Waals surface area contributed by atoms with E-state index in [0.717, 1.165) is 17.9 Å². The van der Waals surface area contributed by atoms with Crippen LogP contribution in [0, 0.1) is 0 Å². The first kappa shape index (κ1) is 14.9. The minimum Gasteiger partial charge on any atom is -0.491 e. The second-order valence-corrected chi connectivity index (χ2v) is 4.59. The molecule has 0 spiro atoms. The number of anilines is 1. The van der Waals surface area contributed by atoms with Crippen molar-refractivity contribution < 1.29 is 9.53 Å². The highest BCUT2D eigenvalue weighted by Crippen LogP contribution is 2.24. The predicted molar refractivity (Wildman–Crippen MR) is 81.0 cm³/mol. The molecule has 0 aliphatic rings. The van der Waals surface area contributed by atoms with Gasteiger partial charge < -0.3 is 20.4 Å². The minimum atomic E-state index is -0.368. The molecule has 1 aromatic heterocycles. The number of nitrogens with two attached hydrogens (primary N) is 1. The molecule has 3 N–H and O–H groups in total. The van der Waals surface area contributed by atoms with Gasteiger partial charge in [-0.05, 0) is 19.1 Å². The first-order valence-electron chi connectivity index (χ1n) is 6.93. The number of ether oxygens (including phenoxy) is 1. The van der Waals surface area contributed by atoms with Crippen molar-refractivity contribution in [3.05, 3.63) is 42.5 Å². The number of imidazole rings is 1. The van der Waals surface area contributed by atoms with Crippen LogP contribution in [0.5, 0.6) is 5.75 Å². The summed E-state index contributed by atoms with van der Waals surface area (Å²) in [5.74, 6) is 0.341. The molecule has 0 radical (unpaired) electrons. The number of primary amides is 1. The van der Waals surface area contributed by atoms with Gasteiger partial charge in [0.2, 0.25) is 5.91 Å². The lowest BCUT2D eigenvalue weighted by molar-refractivity contribution is -0.118. The Bertz CT molecular complexity index is 595. The Kier molecular flexibility index (Phi) is 5.20. The fourth-order valence-corrected chi connectivity index (χ4v) is 1.97. The van der Waals surface area contributed by atoms with Crippen molar-refractivity contribution in [1.82, 2.24) is 9.55 Å². The van der Waals surface area contributed by atoms with Gasteiger partial charge in [0.05, 0.1) is 37.3 Å². The van der Waals surface area contributed by atoms with Gasteiger partial charge in [0.25, 0.3) is 0 Å². The number of hydrogen-bond acceptors (Lipinski definition) is 4. The molecule has 2 rings (SSSR count). The van der Waals surface area contributed by atoms with Gasteiger partial charge in [-0.25, -0.2) is 4.98 Å². The normalized spacial score (nSPS) is 10.3. The molecule has 0 unspecified atom stereocenters.